The molecule has 4 unspecified atom stereocenters. The summed E-state index contributed by atoms with van der Waals surface area (Å²) in [5.74, 6) is 1.47. The summed E-state index contributed by atoms with van der Waals surface area (Å²) in [5.41, 5.74) is 1.38. The van der Waals surface area contributed by atoms with E-state index in [4.69, 9.17) is 0 Å². The highest BCUT2D eigenvalue weighted by Gasteiger charge is 2.31. The quantitative estimate of drug-likeness (QED) is 0.831. The molecular weight excluding hydrogens is 334 g/mol. The van der Waals surface area contributed by atoms with Crippen LogP contribution < -0.4 is 5.32 Å². The van der Waals surface area contributed by atoms with Gasteiger partial charge < -0.3 is 10.2 Å². The molecule has 3 rings (SSSR count). The molecule has 2 aliphatic rings. The van der Waals surface area contributed by atoms with Crippen LogP contribution >= 0.6 is 0 Å². The van der Waals surface area contributed by atoms with E-state index in [1.54, 1.807) is 0 Å². The molecule has 1 amide bonds. The predicted octanol–water partition coefficient (Wildman–Crippen LogP) is 3.52. The van der Waals surface area contributed by atoms with E-state index in [-0.39, 0.29) is 0 Å². The van der Waals surface area contributed by atoms with Crippen LogP contribution in [0.25, 0.3) is 0 Å². The zero-order valence-corrected chi connectivity index (χ0v) is 17.4. The Bertz CT molecular complexity index is 585. The Kier molecular flexibility index (Phi) is 7.31. The lowest BCUT2D eigenvalue weighted by atomic mass is 9.85. The van der Waals surface area contributed by atoms with Crippen molar-refractivity contribution >= 4 is 5.91 Å². The number of rotatable bonds is 6. The van der Waals surface area contributed by atoms with Gasteiger partial charge in [0, 0.05) is 38.6 Å². The van der Waals surface area contributed by atoms with Gasteiger partial charge in [0.05, 0.1) is 0 Å². The maximum atomic E-state index is 12.9. The highest BCUT2D eigenvalue weighted by Crippen LogP contribution is 2.26. The number of piperidine rings is 2. The molecule has 1 N–H and O–H groups in total. The van der Waals surface area contributed by atoms with E-state index < -0.39 is 0 Å². The van der Waals surface area contributed by atoms with Crippen LogP contribution in [-0.4, -0.2) is 54.5 Å². The summed E-state index contributed by atoms with van der Waals surface area (Å²) in [7, 11) is 2.03. The summed E-state index contributed by atoms with van der Waals surface area (Å²) in [5, 5.41) is 3.48. The maximum absolute atomic E-state index is 12.9. The molecule has 0 bridgehead atoms. The van der Waals surface area contributed by atoms with Crippen molar-refractivity contribution in [2.75, 3.05) is 26.7 Å². The minimum absolute atomic E-state index is 0.335. The average Bonchev–Trinajstić information content (AvgIpc) is 2.70. The Morgan fingerprint density at radius 1 is 1.30 bits per heavy atom. The van der Waals surface area contributed by atoms with Gasteiger partial charge in [-0.15, -0.1) is 0 Å². The van der Waals surface area contributed by atoms with Gasteiger partial charge in [-0.3, -0.25) is 9.69 Å². The Hall–Kier alpha value is -1.39. The van der Waals surface area contributed by atoms with Crippen molar-refractivity contribution in [1.29, 1.82) is 0 Å². The first kappa shape index (κ1) is 20.3. The van der Waals surface area contributed by atoms with Crippen LogP contribution in [-0.2, 0) is 11.3 Å². The number of hydrogen-bond donors (Lipinski definition) is 1. The number of carbonyl (C=O) groups is 1. The van der Waals surface area contributed by atoms with Crippen molar-refractivity contribution in [3.8, 4) is 0 Å². The summed E-state index contributed by atoms with van der Waals surface area (Å²) in [6.45, 7) is 8.86. The Labute approximate surface area is 165 Å². The van der Waals surface area contributed by atoms with Gasteiger partial charge in [-0.25, -0.2) is 0 Å². The molecule has 4 heteroatoms. The van der Waals surface area contributed by atoms with Crippen molar-refractivity contribution in [2.24, 2.45) is 11.8 Å². The molecule has 1 aromatic carbocycles. The topological polar surface area (TPSA) is 35.6 Å². The van der Waals surface area contributed by atoms with Gasteiger partial charge in [0.25, 0.3) is 0 Å². The second-order valence-electron chi connectivity index (χ2n) is 8.78. The monoisotopic (exact) mass is 371 g/mol. The van der Waals surface area contributed by atoms with Crippen LogP contribution in [0.2, 0.25) is 0 Å². The minimum atomic E-state index is 0.335. The zero-order chi connectivity index (χ0) is 19.2. The number of carbonyl (C=O) groups excluding carboxylic acids is 1. The van der Waals surface area contributed by atoms with Gasteiger partial charge in [0.1, 0.15) is 0 Å². The number of nitrogens with one attached hydrogen (secondary N) is 1. The molecule has 4 nitrogen and oxygen atoms in total. The number of benzene rings is 1. The summed E-state index contributed by atoms with van der Waals surface area (Å²) in [6.07, 6.45) is 5.37. The van der Waals surface area contributed by atoms with Crippen molar-refractivity contribution in [2.45, 2.75) is 64.6 Å². The maximum Gasteiger partial charge on any atom is 0.222 e. The summed E-state index contributed by atoms with van der Waals surface area (Å²) < 4.78 is 0. The molecule has 0 aromatic heterocycles. The summed E-state index contributed by atoms with van der Waals surface area (Å²) in [4.78, 5) is 17.5. The molecule has 150 valence electrons. The predicted molar refractivity (Wildman–Crippen MR) is 111 cm³/mol. The lowest BCUT2D eigenvalue weighted by Gasteiger charge is -2.41. The first-order chi connectivity index (χ1) is 13.0. The second-order valence-corrected chi connectivity index (χ2v) is 8.78. The van der Waals surface area contributed by atoms with Crippen molar-refractivity contribution in [3.63, 3.8) is 0 Å². The second kappa shape index (κ2) is 9.70. The highest BCUT2D eigenvalue weighted by molar-refractivity contribution is 5.76. The van der Waals surface area contributed by atoms with Gasteiger partial charge in [0.15, 0.2) is 0 Å². The van der Waals surface area contributed by atoms with Crippen LogP contribution in [0.4, 0.5) is 0 Å². The van der Waals surface area contributed by atoms with Gasteiger partial charge in [-0.05, 0) is 63.1 Å². The first-order valence-electron chi connectivity index (χ1n) is 10.8. The molecular formula is C23H37N3O. The molecule has 0 radical (unpaired) electrons. The van der Waals surface area contributed by atoms with Crippen molar-refractivity contribution in [1.82, 2.24) is 15.1 Å². The van der Waals surface area contributed by atoms with Crippen LogP contribution in [0.5, 0.6) is 0 Å². The number of likely N-dealkylation sites (tertiary alicyclic amines) is 1. The molecule has 2 fully saturated rings. The van der Waals surface area contributed by atoms with Gasteiger partial charge >= 0.3 is 0 Å². The van der Waals surface area contributed by atoms with E-state index in [9.17, 15) is 4.79 Å². The highest BCUT2D eigenvalue weighted by atomic mass is 16.2. The average molecular weight is 372 g/mol. The molecule has 0 saturated carbocycles. The van der Waals surface area contributed by atoms with Crippen LogP contribution in [0, 0.1) is 11.8 Å². The number of amides is 1. The van der Waals surface area contributed by atoms with Gasteiger partial charge in [-0.2, -0.15) is 0 Å². The minimum Gasteiger partial charge on any atom is -0.343 e. The van der Waals surface area contributed by atoms with Gasteiger partial charge in [0.2, 0.25) is 5.91 Å². The van der Waals surface area contributed by atoms with Crippen LogP contribution in [0.15, 0.2) is 30.3 Å². The van der Waals surface area contributed by atoms with E-state index in [0.29, 0.717) is 36.2 Å². The number of nitrogens with zero attached hydrogens (tertiary/aromatic N) is 2. The lowest BCUT2D eigenvalue weighted by molar-refractivity contribution is -0.134. The first-order valence-corrected chi connectivity index (χ1v) is 10.8. The third kappa shape index (κ3) is 5.55. The standard InChI is InChI=1S/C23H37N3O/c1-18(21-10-7-12-24-16-21)14-23(27)25(3)22-11-13-26(19(2)15-22)17-20-8-5-4-6-9-20/h4-6,8-9,18-19,21-22,24H,7,10-17H2,1-3H3. The molecule has 0 spiro atoms. The largest absolute Gasteiger partial charge is 0.343 e. The summed E-state index contributed by atoms with van der Waals surface area (Å²) in [6, 6.07) is 11.6. The van der Waals surface area contributed by atoms with E-state index in [1.807, 2.05) is 7.05 Å². The van der Waals surface area contributed by atoms with Crippen LogP contribution in [0.3, 0.4) is 0 Å². The SMILES string of the molecule is CC(CC(=O)N(C)C1CCN(Cc2ccccc2)C(C)C1)C1CCCNC1. The molecule has 1 aromatic rings. The molecule has 2 saturated heterocycles. The Morgan fingerprint density at radius 3 is 2.74 bits per heavy atom. The third-order valence-electron chi connectivity index (χ3n) is 6.79. The van der Waals surface area contributed by atoms with Crippen LogP contribution in [0.1, 0.15) is 51.5 Å². The van der Waals surface area contributed by atoms with E-state index in [2.05, 4.69) is 59.3 Å². The van der Waals surface area contributed by atoms with E-state index >= 15 is 0 Å². The smallest absolute Gasteiger partial charge is 0.222 e. The fourth-order valence-electron chi connectivity index (χ4n) is 4.75. The fourth-order valence-corrected chi connectivity index (χ4v) is 4.75. The fraction of sp³-hybridized carbons (Fsp3) is 0.696. The van der Waals surface area contributed by atoms with Crippen molar-refractivity contribution in [3.05, 3.63) is 35.9 Å². The molecule has 4 atom stereocenters. The Balaban J connectivity index is 1.47. The molecule has 27 heavy (non-hydrogen) atoms. The number of hydrogen-bond acceptors (Lipinski definition) is 3. The van der Waals surface area contributed by atoms with Gasteiger partial charge in [-0.1, -0.05) is 37.3 Å². The summed E-state index contributed by atoms with van der Waals surface area (Å²) >= 11 is 0. The Morgan fingerprint density at radius 2 is 2.07 bits per heavy atom. The molecule has 2 aliphatic heterocycles. The zero-order valence-electron chi connectivity index (χ0n) is 17.4. The normalized spacial score (nSPS) is 27.9. The lowest BCUT2D eigenvalue weighted by Crippen LogP contribution is -2.49. The van der Waals surface area contributed by atoms with E-state index in [0.717, 1.165) is 39.0 Å². The molecule has 0 aliphatic carbocycles. The third-order valence-corrected chi connectivity index (χ3v) is 6.79. The van der Waals surface area contributed by atoms with E-state index in [1.165, 1.54) is 18.4 Å². The molecule has 2 heterocycles. The van der Waals surface area contributed by atoms with Crippen molar-refractivity contribution < 1.29 is 4.79 Å².